The van der Waals surface area contributed by atoms with Crippen LogP contribution in [0.3, 0.4) is 0 Å². The molecule has 8 nitrogen and oxygen atoms in total. The summed E-state index contributed by atoms with van der Waals surface area (Å²) in [5, 5.41) is 0. The maximum absolute atomic E-state index is 12.9. The first-order valence-electron chi connectivity index (χ1n) is 10.4. The molecular weight excluding hydrogens is 380 g/mol. The molecular formula is C22H28N6O2. The van der Waals surface area contributed by atoms with Gasteiger partial charge in [0.2, 0.25) is 5.91 Å². The Bertz CT molecular complexity index is 1140. The van der Waals surface area contributed by atoms with E-state index in [1.54, 1.807) is 16.2 Å². The number of hydrogen-bond donors (Lipinski definition) is 0. The molecule has 3 heterocycles. The van der Waals surface area contributed by atoms with E-state index < -0.39 is 0 Å². The third kappa shape index (κ3) is 3.69. The number of hydrogen-bond acceptors (Lipinski definition) is 5. The SMILES string of the molecule is Cc1cc(N2CCN(C(=O)Cn3c(=O)n(C)c4ccccc43)CC2)nc(C(C)C)n1. The minimum atomic E-state index is -0.166. The molecule has 30 heavy (non-hydrogen) atoms. The number of rotatable bonds is 4. The lowest BCUT2D eigenvalue weighted by molar-refractivity contribution is -0.132. The largest absolute Gasteiger partial charge is 0.353 e. The number of fused-ring (bicyclic) bond motifs is 1. The van der Waals surface area contributed by atoms with Crippen LogP contribution in [0.1, 0.15) is 31.3 Å². The second-order valence-electron chi connectivity index (χ2n) is 8.16. The van der Waals surface area contributed by atoms with Gasteiger partial charge in [-0.1, -0.05) is 26.0 Å². The van der Waals surface area contributed by atoms with Gasteiger partial charge in [-0.3, -0.25) is 13.9 Å². The van der Waals surface area contributed by atoms with Gasteiger partial charge in [-0.15, -0.1) is 0 Å². The molecule has 158 valence electrons. The van der Waals surface area contributed by atoms with E-state index in [-0.39, 0.29) is 24.1 Å². The highest BCUT2D eigenvalue weighted by atomic mass is 16.2. The van der Waals surface area contributed by atoms with E-state index in [0.29, 0.717) is 26.2 Å². The Balaban J connectivity index is 1.46. The van der Waals surface area contributed by atoms with Gasteiger partial charge >= 0.3 is 5.69 Å². The summed E-state index contributed by atoms with van der Waals surface area (Å²) < 4.78 is 3.15. The molecule has 0 atom stereocenters. The highest BCUT2D eigenvalue weighted by molar-refractivity contribution is 5.81. The van der Waals surface area contributed by atoms with E-state index in [0.717, 1.165) is 28.4 Å². The summed E-state index contributed by atoms with van der Waals surface area (Å²) in [5.41, 5.74) is 2.41. The molecule has 8 heteroatoms. The lowest BCUT2D eigenvalue weighted by atomic mass is 10.2. The van der Waals surface area contributed by atoms with Crippen LogP contribution >= 0.6 is 0 Å². The molecule has 1 saturated heterocycles. The molecule has 0 radical (unpaired) electrons. The molecule has 1 amide bonds. The molecule has 1 aliphatic rings. The number of aromatic nitrogens is 4. The molecule has 4 rings (SSSR count). The average Bonchev–Trinajstić information content (AvgIpc) is 2.98. The molecule has 0 bridgehead atoms. The Hall–Kier alpha value is -3.16. The van der Waals surface area contributed by atoms with Gasteiger partial charge in [0, 0.05) is 50.9 Å². The maximum Gasteiger partial charge on any atom is 0.329 e. The van der Waals surface area contributed by atoms with Crippen LogP contribution < -0.4 is 10.6 Å². The fourth-order valence-electron chi connectivity index (χ4n) is 3.93. The molecule has 1 aromatic carbocycles. The number of para-hydroxylation sites is 2. The molecule has 0 unspecified atom stereocenters. The van der Waals surface area contributed by atoms with Gasteiger partial charge in [0.1, 0.15) is 18.2 Å². The Morgan fingerprint density at radius 1 is 1.07 bits per heavy atom. The van der Waals surface area contributed by atoms with Gasteiger partial charge in [-0.2, -0.15) is 0 Å². The van der Waals surface area contributed by atoms with Crippen LogP contribution in [0.15, 0.2) is 35.1 Å². The quantitative estimate of drug-likeness (QED) is 0.659. The van der Waals surface area contributed by atoms with Gasteiger partial charge in [0.15, 0.2) is 0 Å². The fraction of sp³-hybridized carbons (Fsp3) is 0.455. The zero-order valence-corrected chi connectivity index (χ0v) is 18.0. The zero-order chi connectivity index (χ0) is 21.4. The van der Waals surface area contributed by atoms with Crippen molar-refractivity contribution in [2.75, 3.05) is 31.1 Å². The zero-order valence-electron chi connectivity index (χ0n) is 18.0. The number of piperazine rings is 1. The van der Waals surface area contributed by atoms with E-state index in [1.807, 2.05) is 42.2 Å². The molecule has 1 aliphatic heterocycles. The predicted molar refractivity (Wildman–Crippen MR) is 117 cm³/mol. The number of imidazole rings is 1. The summed E-state index contributed by atoms with van der Waals surface area (Å²) in [6.07, 6.45) is 0. The van der Waals surface area contributed by atoms with E-state index in [4.69, 9.17) is 4.98 Å². The Kier molecular flexibility index (Phi) is 5.32. The van der Waals surface area contributed by atoms with Crippen molar-refractivity contribution in [3.63, 3.8) is 0 Å². The number of carbonyl (C=O) groups excluding carboxylic acids is 1. The van der Waals surface area contributed by atoms with E-state index in [2.05, 4.69) is 23.7 Å². The summed E-state index contributed by atoms with van der Waals surface area (Å²) in [7, 11) is 1.74. The van der Waals surface area contributed by atoms with Gasteiger partial charge in [-0.05, 0) is 19.1 Å². The Morgan fingerprint density at radius 2 is 1.73 bits per heavy atom. The van der Waals surface area contributed by atoms with Crippen molar-refractivity contribution in [3.05, 3.63) is 52.3 Å². The van der Waals surface area contributed by atoms with E-state index in [1.165, 1.54) is 0 Å². The van der Waals surface area contributed by atoms with E-state index >= 15 is 0 Å². The van der Waals surface area contributed by atoms with Crippen LogP contribution in [0.5, 0.6) is 0 Å². The standard InChI is InChI=1S/C22H28N6O2/c1-15(2)21-23-16(3)13-19(24-21)26-9-11-27(12-10-26)20(29)14-28-18-8-6-5-7-17(18)25(4)22(28)30/h5-8,13,15H,9-12,14H2,1-4H3. The number of aryl methyl sites for hydroxylation is 2. The maximum atomic E-state index is 12.9. The van der Waals surface area contributed by atoms with Crippen molar-refractivity contribution in [1.29, 1.82) is 0 Å². The highest BCUT2D eigenvalue weighted by Crippen LogP contribution is 2.19. The third-order valence-corrected chi connectivity index (χ3v) is 5.68. The number of benzene rings is 1. The third-order valence-electron chi connectivity index (χ3n) is 5.68. The first-order chi connectivity index (χ1) is 14.3. The van der Waals surface area contributed by atoms with Crippen molar-refractivity contribution < 1.29 is 4.79 Å². The summed E-state index contributed by atoms with van der Waals surface area (Å²) in [5.74, 6) is 2.00. The van der Waals surface area contributed by atoms with Crippen LogP contribution in [0, 0.1) is 6.92 Å². The number of amides is 1. The Morgan fingerprint density at radius 3 is 2.40 bits per heavy atom. The first-order valence-corrected chi connectivity index (χ1v) is 10.4. The smallest absolute Gasteiger partial charge is 0.329 e. The van der Waals surface area contributed by atoms with Gasteiger partial charge in [0.05, 0.1) is 11.0 Å². The Labute approximate surface area is 175 Å². The van der Waals surface area contributed by atoms with Crippen molar-refractivity contribution in [2.24, 2.45) is 7.05 Å². The number of anilines is 1. The molecule has 1 fully saturated rings. The molecule has 0 N–H and O–H groups in total. The second-order valence-corrected chi connectivity index (χ2v) is 8.16. The molecule has 0 aliphatic carbocycles. The van der Waals surface area contributed by atoms with Crippen molar-refractivity contribution in [2.45, 2.75) is 33.2 Å². The van der Waals surface area contributed by atoms with Gasteiger partial charge in [-0.25, -0.2) is 14.8 Å². The van der Waals surface area contributed by atoms with Gasteiger partial charge < -0.3 is 9.80 Å². The molecule has 3 aromatic rings. The van der Waals surface area contributed by atoms with Crippen molar-refractivity contribution in [1.82, 2.24) is 24.0 Å². The number of carbonyl (C=O) groups is 1. The normalized spacial score (nSPS) is 14.7. The summed E-state index contributed by atoms with van der Waals surface area (Å²) in [6, 6.07) is 9.56. The topological polar surface area (TPSA) is 76.3 Å². The van der Waals surface area contributed by atoms with Crippen LogP contribution in [0.4, 0.5) is 5.82 Å². The molecule has 0 saturated carbocycles. The minimum absolute atomic E-state index is 0.0326. The molecule has 0 spiro atoms. The van der Waals surface area contributed by atoms with Crippen molar-refractivity contribution >= 4 is 22.8 Å². The second kappa shape index (κ2) is 7.93. The molecule has 2 aromatic heterocycles. The predicted octanol–water partition coefficient (Wildman–Crippen LogP) is 1.91. The fourth-order valence-corrected chi connectivity index (χ4v) is 3.93. The van der Waals surface area contributed by atoms with Crippen LogP contribution in [0.25, 0.3) is 11.0 Å². The minimum Gasteiger partial charge on any atom is -0.353 e. The van der Waals surface area contributed by atoms with Gasteiger partial charge in [0.25, 0.3) is 0 Å². The summed E-state index contributed by atoms with van der Waals surface area (Å²) in [6.45, 7) is 8.86. The van der Waals surface area contributed by atoms with Crippen LogP contribution in [-0.4, -0.2) is 56.1 Å². The average molecular weight is 409 g/mol. The summed E-state index contributed by atoms with van der Waals surface area (Å²) in [4.78, 5) is 38.8. The van der Waals surface area contributed by atoms with E-state index in [9.17, 15) is 9.59 Å². The lowest BCUT2D eigenvalue weighted by Crippen LogP contribution is -2.50. The van der Waals surface area contributed by atoms with Crippen molar-refractivity contribution in [3.8, 4) is 0 Å². The van der Waals surface area contributed by atoms with Crippen LogP contribution in [-0.2, 0) is 18.4 Å². The first kappa shape index (κ1) is 20.1. The summed E-state index contributed by atoms with van der Waals surface area (Å²) >= 11 is 0. The number of nitrogens with zero attached hydrogens (tertiary/aromatic N) is 6. The monoisotopic (exact) mass is 408 g/mol. The lowest BCUT2D eigenvalue weighted by Gasteiger charge is -2.35. The van der Waals surface area contributed by atoms with Crippen LogP contribution in [0.2, 0.25) is 0 Å². The highest BCUT2D eigenvalue weighted by Gasteiger charge is 2.24.